The van der Waals surface area contributed by atoms with Crippen LogP contribution in [0.1, 0.15) is 24.5 Å². The zero-order chi connectivity index (χ0) is 15.3. The SMILES string of the molecule is CCC(CNC)(Cc1cccc(F)c1Cl)c1ccccc1. The Labute approximate surface area is 131 Å². The highest BCUT2D eigenvalue weighted by atomic mass is 35.5. The Morgan fingerprint density at radius 3 is 2.43 bits per heavy atom. The van der Waals surface area contributed by atoms with Gasteiger partial charge in [-0.05, 0) is 37.1 Å². The summed E-state index contributed by atoms with van der Waals surface area (Å²) in [5, 5.41) is 3.51. The summed E-state index contributed by atoms with van der Waals surface area (Å²) >= 11 is 6.15. The fourth-order valence-corrected chi connectivity index (χ4v) is 3.09. The second-order valence-corrected chi connectivity index (χ2v) is 5.80. The molecule has 0 fully saturated rings. The first-order valence-corrected chi connectivity index (χ1v) is 7.64. The van der Waals surface area contributed by atoms with Crippen molar-refractivity contribution >= 4 is 11.6 Å². The minimum Gasteiger partial charge on any atom is -0.319 e. The van der Waals surface area contributed by atoms with Gasteiger partial charge in [0.15, 0.2) is 0 Å². The van der Waals surface area contributed by atoms with Gasteiger partial charge in [0, 0.05) is 12.0 Å². The summed E-state index contributed by atoms with van der Waals surface area (Å²) in [5.74, 6) is -0.350. The summed E-state index contributed by atoms with van der Waals surface area (Å²) < 4.78 is 13.7. The van der Waals surface area contributed by atoms with Crippen LogP contribution in [0.25, 0.3) is 0 Å². The molecule has 0 aliphatic heterocycles. The van der Waals surface area contributed by atoms with Crippen LogP contribution >= 0.6 is 11.6 Å². The first-order chi connectivity index (χ1) is 10.1. The van der Waals surface area contributed by atoms with Crippen LogP contribution in [0.15, 0.2) is 48.5 Å². The molecule has 0 saturated carbocycles. The molecule has 112 valence electrons. The third-order valence-electron chi connectivity index (χ3n) is 4.14. The van der Waals surface area contributed by atoms with Gasteiger partial charge in [-0.15, -0.1) is 0 Å². The van der Waals surface area contributed by atoms with Gasteiger partial charge in [0.1, 0.15) is 5.82 Å². The first kappa shape index (κ1) is 16.0. The summed E-state index contributed by atoms with van der Waals surface area (Å²) in [6, 6.07) is 15.4. The van der Waals surface area contributed by atoms with E-state index in [9.17, 15) is 4.39 Å². The maximum atomic E-state index is 13.7. The number of halogens is 2. The average Bonchev–Trinajstić information content (AvgIpc) is 2.52. The molecule has 3 heteroatoms. The van der Waals surface area contributed by atoms with Crippen LogP contribution in [0.2, 0.25) is 5.02 Å². The molecule has 0 aromatic heterocycles. The molecule has 0 bridgehead atoms. The van der Waals surface area contributed by atoms with Crippen molar-refractivity contribution in [3.05, 3.63) is 70.5 Å². The van der Waals surface area contributed by atoms with Gasteiger partial charge >= 0.3 is 0 Å². The van der Waals surface area contributed by atoms with E-state index in [4.69, 9.17) is 11.6 Å². The highest BCUT2D eigenvalue weighted by Gasteiger charge is 2.31. The summed E-state index contributed by atoms with van der Waals surface area (Å²) in [4.78, 5) is 0. The lowest BCUT2D eigenvalue weighted by atomic mass is 9.73. The summed E-state index contributed by atoms with van der Waals surface area (Å²) in [6.45, 7) is 2.98. The van der Waals surface area contributed by atoms with Crippen molar-refractivity contribution in [3.8, 4) is 0 Å². The second-order valence-electron chi connectivity index (χ2n) is 5.42. The number of likely N-dealkylation sites (N-methyl/N-ethyl adjacent to an activating group) is 1. The van der Waals surface area contributed by atoms with E-state index in [1.54, 1.807) is 6.07 Å². The van der Waals surface area contributed by atoms with Crippen molar-refractivity contribution in [2.24, 2.45) is 0 Å². The number of nitrogens with one attached hydrogen (secondary N) is 1. The normalized spacial score (nSPS) is 13.9. The van der Waals surface area contributed by atoms with E-state index >= 15 is 0 Å². The molecule has 0 heterocycles. The quantitative estimate of drug-likeness (QED) is 0.823. The number of hydrogen-bond donors (Lipinski definition) is 1. The van der Waals surface area contributed by atoms with Gasteiger partial charge in [-0.2, -0.15) is 0 Å². The van der Waals surface area contributed by atoms with Crippen molar-refractivity contribution in [2.75, 3.05) is 13.6 Å². The molecule has 2 aromatic carbocycles. The maximum Gasteiger partial charge on any atom is 0.142 e. The molecule has 0 spiro atoms. The Kier molecular flexibility index (Phi) is 5.38. The molecule has 1 atom stereocenters. The highest BCUT2D eigenvalue weighted by molar-refractivity contribution is 6.31. The van der Waals surface area contributed by atoms with E-state index in [-0.39, 0.29) is 16.3 Å². The summed E-state index contributed by atoms with van der Waals surface area (Å²) in [6.07, 6.45) is 1.66. The Bertz CT molecular complexity index is 585. The Balaban J connectivity index is 2.43. The summed E-state index contributed by atoms with van der Waals surface area (Å²) in [5.41, 5.74) is 2.02. The van der Waals surface area contributed by atoms with Gasteiger partial charge in [0.2, 0.25) is 0 Å². The van der Waals surface area contributed by atoms with E-state index < -0.39 is 0 Å². The standard InChI is InChI=1S/C18H21ClFN/c1-3-18(13-21-2,15-9-5-4-6-10-15)12-14-8-7-11-16(20)17(14)19/h4-11,21H,3,12-13H2,1-2H3. The minimum atomic E-state index is -0.350. The lowest BCUT2D eigenvalue weighted by Gasteiger charge is -2.34. The van der Waals surface area contributed by atoms with Gasteiger partial charge in [0.05, 0.1) is 5.02 Å². The van der Waals surface area contributed by atoms with E-state index in [1.165, 1.54) is 11.6 Å². The van der Waals surface area contributed by atoms with Crippen LogP contribution in [0.5, 0.6) is 0 Å². The van der Waals surface area contributed by atoms with Crippen LogP contribution in [-0.2, 0) is 11.8 Å². The largest absolute Gasteiger partial charge is 0.319 e. The Morgan fingerprint density at radius 2 is 1.81 bits per heavy atom. The second kappa shape index (κ2) is 7.06. The van der Waals surface area contributed by atoms with Crippen LogP contribution in [0.4, 0.5) is 4.39 Å². The molecule has 0 amide bonds. The third-order valence-corrected chi connectivity index (χ3v) is 4.56. The van der Waals surface area contributed by atoms with Crippen molar-refractivity contribution in [2.45, 2.75) is 25.2 Å². The Morgan fingerprint density at radius 1 is 1.10 bits per heavy atom. The fourth-order valence-electron chi connectivity index (χ4n) is 2.90. The van der Waals surface area contributed by atoms with Gasteiger partial charge < -0.3 is 5.32 Å². The average molecular weight is 306 g/mol. The lowest BCUT2D eigenvalue weighted by Crippen LogP contribution is -2.38. The molecule has 0 saturated heterocycles. The topological polar surface area (TPSA) is 12.0 Å². The molecule has 2 rings (SSSR count). The molecule has 1 nitrogen and oxygen atoms in total. The first-order valence-electron chi connectivity index (χ1n) is 7.26. The highest BCUT2D eigenvalue weighted by Crippen LogP contribution is 2.34. The minimum absolute atomic E-state index is 0.0898. The van der Waals surface area contributed by atoms with E-state index in [0.717, 1.165) is 18.5 Å². The smallest absolute Gasteiger partial charge is 0.142 e. The predicted molar refractivity (Wildman–Crippen MR) is 87.5 cm³/mol. The molecule has 2 aromatic rings. The van der Waals surface area contributed by atoms with Crippen molar-refractivity contribution < 1.29 is 4.39 Å². The molecule has 21 heavy (non-hydrogen) atoms. The number of benzene rings is 2. The van der Waals surface area contributed by atoms with Gasteiger partial charge in [-0.3, -0.25) is 0 Å². The summed E-state index contributed by atoms with van der Waals surface area (Å²) in [7, 11) is 1.94. The van der Waals surface area contributed by atoms with E-state index in [0.29, 0.717) is 6.42 Å². The van der Waals surface area contributed by atoms with Crippen molar-refractivity contribution in [3.63, 3.8) is 0 Å². The number of rotatable bonds is 6. The van der Waals surface area contributed by atoms with Crippen molar-refractivity contribution in [1.29, 1.82) is 0 Å². The molecule has 1 N–H and O–H groups in total. The zero-order valence-electron chi connectivity index (χ0n) is 12.5. The molecule has 1 unspecified atom stereocenters. The molecule has 0 aliphatic rings. The fraction of sp³-hybridized carbons (Fsp3) is 0.333. The van der Waals surface area contributed by atoms with E-state index in [2.05, 4.69) is 24.4 Å². The zero-order valence-corrected chi connectivity index (χ0v) is 13.3. The van der Waals surface area contributed by atoms with Crippen LogP contribution in [0, 0.1) is 5.82 Å². The maximum absolute atomic E-state index is 13.7. The third kappa shape index (κ3) is 3.45. The molecular formula is C18H21ClFN. The molecular weight excluding hydrogens is 285 g/mol. The van der Waals surface area contributed by atoms with Gasteiger partial charge in [0.25, 0.3) is 0 Å². The predicted octanol–water partition coefficient (Wildman–Crippen LogP) is 4.59. The van der Waals surface area contributed by atoms with Crippen LogP contribution < -0.4 is 5.32 Å². The van der Waals surface area contributed by atoms with Gasteiger partial charge in [-0.1, -0.05) is 61.0 Å². The number of hydrogen-bond acceptors (Lipinski definition) is 1. The monoisotopic (exact) mass is 305 g/mol. The van der Waals surface area contributed by atoms with Gasteiger partial charge in [-0.25, -0.2) is 4.39 Å². The van der Waals surface area contributed by atoms with Crippen molar-refractivity contribution in [1.82, 2.24) is 5.32 Å². The Hall–Kier alpha value is -1.38. The van der Waals surface area contributed by atoms with E-state index in [1.807, 2.05) is 31.3 Å². The van der Waals surface area contributed by atoms with Crippen LogP contribution in [-0.4, -0.2) is 13.6 Å². The molecule has 0 aliphatic carbocycles. The molecule has 0 radical (unpaired) electrons. The van der Waals surface area contributed by atoms with Crippen LogP contribution in [0.3, 0.4) is 0 Å². The lowest BCUT2D eigenvalue weighted by molar-refractivity contribution is 0.390.